The molecule has 0 atom stereocenters. The van der Waals surface area contributed by atoms with Gasteiger partial charge in [-0.3, -0.25) is 0 Å². The summed E-state index contributed by atoms with van der Waals surface area (Å²) in [5, 5.41) is 0.993. The van der Waals surface area contributed by atoms with Crippen molar-refractivity contribution in [2.75, 3.05) is 5.73 Å². The van der Waals surface area contributed by atoms with E-state index in [0.717, 1.165) is 22.2 Å². The smallest absolute Gasteiger partial charge is 0.136 e. The minimum absolute atomic E-state index is 0.654. The highest BCUT2D eigenvalue weighted by Gasteiger charge is 2.05. The van der Waals surface area contributed by atoms with Crippen LogP contribution in [0.3, 0.4) is 0 Å². The molecule has 0 saturated carbocycles. The van der Waals surface area contributed by atoms with Crippen LogP contribution in [0.1, 0.15) is 5.56 Å². The van der Waals surface area contributed by atoms with Crippen LogP contribution in [0.15, 0.2) is 28.9 Å². The monoisotopic (exact) mass is 179 g/mol. The van der Waals surface area contributed by atoms with E-state index in [1.54, 1.807) is 6.26 Å². The van der Waals surface area contributed by atoms with Crippen molar-refractivity contribution in [1.29, 1.82) is 0 Å². The average Bonchev–Trinajstić information content (AvgIpc) is 2.49. The molecule has 62 valence electrons. The molecule has 0 unspecified atom stereocenters. The summed E-state index contributed by atoms with van der Waals surface area (Å²) < 4.78 is 5.29. The lowest BCUT2D eigenvalue weighted by Crippen LogP contribution is -1.86. The second-order valence-electron chi connectivity index (χ2n) is 2.64. The Balaban J connectivity index is 2.83. The van der Waals surface area contributed by atoms with Gasteiger partial charge in [0, 0.05) is 22.4 Å². The first-order chi connectivity index (χ1) is 5.83. The van der Waals surface area contributed by atoms with E-state index >= 15 is 0 Å². The summed E-state index contributed by atoms with van der Waals surface area (Å²) >= 11 is 4.18. The number of nitrogen functional groups attached to an aromatic ring is 1. The van der Waals surface area contributed by atoms with Crippen molar-refractivity contribution in [1.82, 2.24) is 0 Å². The summed E-state index contributed by atoms with van der Waals surface area (Å²) in [5.41, 5.74) is 8.42. The first kappa shape index (κ1) is 7.55. The summed E-state index contributed by atoms with van der Waals surface area (Å²) in [6.45, 7) is 0. The molecule has 0 aliphatic heterocycles. The lowest BCUT2D eigenvalue weighted by molar-refractivity contribution is 0.613. The van der Waals surface area contributed by atoms with Crippen LogP contribution >= 0.6 is 12.6 Å². The molecule has 0 aliphatic rings. The van der Waals surface area contributed by atoms with Crippen LogP contribution in [0.5, 0.6) is 0 Å². The Hall–Kier alpha value is -1.09. The minimum Gasteiger partial charge on any atom is -0.464 e. The molecule has 1 aromatic carbocycles. The third kappa shape index (κ3) is 0.975. The summed E-state index contributed by atoms with van der Waals surface area (Å²) in [4.78, 5) is 0. The van der Waals surface area contributed by atoms with Gasteiger partial charge in [0.2, 0.25) is 0 Å². The SMILES string of the molecule is Nc1cccc2occ(CS)c12. The molecule has 2 N–H and O–H groups in total. The summed E-state index contributed by atoms with van der Waals surface area (Å²) in [7, 11) is 0. The zero-order valence-electron chi connectivity index (χ0n) is 6.45. The van der Waals surface area contributed by atoms with Crippen LogP contribution in [-0.4, -0.2) is 0 Å². The zero-order chi connectivity index (χ0) is 8.55. The number of fused-ring (bicyclic) bond motifs is 1. The molecular weight excluding hydrogens is 170 g/mol. The molecule has 0 aliphatic carbocycles. The van der Waals surface area contributed by atoms with Gasteiger partial charge in [-0.05, 0) is 12.1 Å². The van der Waals surface area contributed by atoms with Crippen molar-refractivity contribution in [3.8, 4) is 0 Å². The van der Waals surface area contributed by atoms with Gasteiger partial charge in [0.25, 0.3) is 0 Å². The maximum absolute atomic E-state index is 5.78. The second-order valence-corrected chi connectivity index (χ2v) is 2.96. The Bertz CT molecular complexity index is 408. The van der Waals surface area contributed by atoms with E-state index in [4.69, 9.17) is 10.2 Å². The molecular formula is C9H9NOS. The standard InChI is InChI=1S/C9H9NOS/c10-7-2-1-3-8-9(7)6(5-12)4-11-8/h1-4,12H,5,10H2. The second kappa shape index (κ2) is 2.75. The van der Waals surface area contributed by atoms with Crippen LogP contribution in [0.2, 0.25) is 0 Å². The molecule has 0 radical (unpaired) electrons. The predicted molar refractivity (Wildman–Crippen MR) is 53.3 cm³/mol. The van der Waals surface area contributed by atoms with Gasteiger partial charge in [0.15, 0.2) is 0 Å². The zero-order valence-corrected chi connectivity index (χ0v) is 7.34. The van der Waals surface area contributed by atoms with Crippen molar-refractivity contribution < 1.29 is 4.42 Å². The van der Waals surface area contributed by atoms with Crippen LogP contribution in [0.4, 0.5) is 5.69 Å². The van der Waals surface area contributed by atoms with Gasteiger partial charge in [-0.25, -0.2) is 0 Å². The lowest BCUT2D eigenvalue weighted by atomic mass is 10.1. The lowest BCUT2D eigenvalue weighted by Gasteiger charge is -1.95. The van der Waals surface area contributed by atoms with Crippen molar-refractivity contribution in [2.45, 2.75) is 5.75 Å². The molecule has 2 nitrogen and oxygen atoms in total. The predicted octanol–water partition coefficient (Wildman–Crippen LogP) is 2.44. The fourth-order valence-electron chi connectivity index (χ4n) is 1.30. The van der Waals surface area contributed by atoms with Gasteiger partial charge in [0.1, 0.15) is 5.58 Å². The summed E-state index contributed by atoms with van der Waals surface area (Å²) in [6.07, 6.45) is 1.70. The minimum atomic E-state index is 0.654. The summed E-state index contributed by atoms with van der Waals surface area (Å²) in [6, 6.07) is 5.65. The molecule has 1 heterocycles. The largest absolute Gasteiger partial charge is 0.464 e. The van der Waals surface area contributed by atoms with E-state index in [1.807, 2.05) is 18.2 Å². The van der Waals surface area contributed by atoms with E-state index in [2.05, 4.69) is 12.6 Å². The number of furan rings is 1. The van der Waals surface area contributed by atoms with Gasteiger partial charge in [-0.2, -0.15) is 12.6 Å². The van der Waals surface area contributed by atoms with Gasteiger partial charge in [-0.15, -0.1) is 0 Å². The third-order valence-corrected chi connectivity index (χ3v) is 2.22. The Kier molecular flexibility index (Phi) is 1.73. The third-order valence-electron chi connectivity index (χ3n) is 1.88. The molecule has 0 fully saturated rings. The molecule has 12 heavy (non-hydrogen) atoms. The molecule has 0 bridgehead atoms. The highest BCUT2D eigenvalue weighted by molar-refractivity contribution is 7.79. The molecule has 2 rings (SSSR count). The Morgan fingerprint density at radius 2 is 2.25 bits per heavy atom. The number of thiol groups is 1. The highest BCUT2D eigenvalue weighted by Crippen LogP contribution is 2.27. The molecule has 0 saturated heterocycles. The first-order valence-electron chi connectivity index (χ1n) is 3.68. The molecule has 2 aromatic rings. The van der Waals surface area contributed by atoms with Crippen LogP contribution in [0.25, 0.3) is 11.0 Å². The van der Waals surface area contributed by atoms with E-state index in [-0.39, 0.29) is 0 Å². The number of hydrogen-bond acceptors (Lipinski definition) is 3. The Labute approximate surface area is 75.8 Å². The number of hydrogen-bond donors (Lipinski definition) is 2. The fraction of sp³-hybridized carbons (Fsp3) is 0.111. The van der Waals surface area contributed by atoms with Gasteiger partial charge >= 0.3 is 0 Å². The Morgan fingerprint density at radius 3 is 3.00 bits per heavy atom. The van der Waals surface area contributed by atoms with Crippen molar-refractivity contribution in [3.05, 3.63) is 30.0 Å². The van der Waals surface area contributed by atoms with E-state index in [9.17, 15) is 0 Å². The van der Waals surface area contributed by atoms with Crippen LogP contribution < -0.4 is 5.73 Å². The number of rotatable bonds is 1. The van der Waals surface area contributed by atoms with Crippen molar-refractivity contribution >= 4 is 29.3 Å². The van der Waals surface area contributed by atoms with E-state index in [1.165, 1.54) is 0 Å². The van der Waals surface area contributed by atoms with Crippen molar-refractivity contribution in [2.24, 2.45) is 0 Å². The van der Waals surface area contributed by atoms with E-state index in [0.29, 0.717) is 5.75 Å². The van der Waals surface area contributed by atoms with Crippen molar-refractivity contribution in [3.63, 3.8) is 0 Å². The molecule has 3 heteroatoms. The fourth-order valence-corrected chi connectivity index (χ4v) is 1.53. The number of nitrogens with two attached hydrogens (primary N) is 1. The first-order valence-corrected chi connectivity index (χ1v) is 4.31. The highest BCUT2D eigenvalue weighted by atomic mass is 32.1. The molecule has 1 aromatic heterocycles. The average molecular weight is 179 g/mol. The number of anilines is 1. The molecule has 0 amide bonds. The summed E-state index contributed by atoms with van der Waals surface area (Å²) in [5.74, 6) is 0.654. The maximum Gasteiger partial charge on any atom is 0.136 e. The topological polar surface area (TPSA) is 39.2 Å². The van der Waals surface area contributed by atoms with Gasteiger partial charge in [0.05, 0.1) is 6.26 Å². The van der Waals surface area contributed by atoms with Crippen LogP contribution in [-0.2, 0) is 5.75 Å². The van der Waals surface area contributed by atoms with E-state index < -0.39 is 0 Å². The number of benzene rings is 1. The quantitative estimate of drug-likeness (QED) is 0.521. The van der Waals surface area contributed by atoms with Crippen LogP contribution in [0, 0.1) is 0 Å². The molecule has 0 spiro atoms. The van der Waals surface area contributed by atoms with Gasteiger partial charge in [-0.1, -0.05) is 6.07 Å². The Morgan fingerprint density at radius 1 is 1.42 bits per heavy atom. The van der Waals surface area contributed by atoms with Gasteiger partial charge < -0.3 is 10.2 Å². The maximum atomic E-state index is 5.78. The normalized spacial score (nSPS) is 10.8.